The summed E-state index contributed by atoms with van der Waals surface area (Å²) >= 11 is 7.90. The van der Waals surface area contributed by atoms with Gasteiger partial charge in [0.25, 0.3) is 0 Å². The van der Waals surface area contributed by atoms with Crippen LogP contribution in [0.5, 0.6) is 0 Å². The van der Waals surface area contributed by atoms with Crippen molar-refractivity contribution in [2.24, 2.45) is 4.99 Å². The van der Waals surface area contributed by atoms with Gasteiger partial charge in [0, 0.05) is 22.6 Å². The van der Waals surface area contributed by atoms with Gasteiger partial charge in [-0.1, -0.05) is 31.5 Å². The Balaban J connectivity index is 2.17. The van der Waals surface area contributed by atoms with Gasteiger partial charge >= 0.3 is 0 Å². The number of hydrogen-bond acceptors (Lipinski definition) is 3. The molecule has 0 aliphatic carbocycles. The van der Waals surface area contributed by atoms with Crippen LogP contribution in [0.15, 0.2) is 28.6 Å². The smallest absolute Gasteiger partial charge is 0.190 e. The second-order valence-corrected chi connectivity index (χ2v) is 6.98. The second-order valence-electron chi connectivity index (χ2n) is 5.74. The van der Waals surface area contributed by atoms with E-state index in [9.17, 15) is 0 Å². The van der Waals surface area contributed by atoms with Gasteiger partial charge < -0.3 is 9.47 Å². The predicted molar refractivity (Wildman–Crippen MR) is 101 cm³/mol. The highest BCUT2D eigenvalue weighted by Gasteiger charge is 2.04. The fraction of sp³-hybridized carbons (Fsp3) is 0.500. The van der Waals surface area contributed by atoms with Gasteiger partial charge in [0.05, 0.1) is 5.69 Å². The summed E-state index contributed by atoms with van der Waals surface area (Å²) in [6.45, 7) is 13.0. The maximum atomic E-state index is 6.21. The van der Waals surface area contributed by atoms with E-state index in [0.29, 0.717) is 0 Å². The highest BCUT2D eigenvalue weighted by Crippen LogP contribution is 2.21. The fourth-order valence-corrected chi connectivity index (χ4v) is 3.63. The van der Waals surface area contributed by atoms with E-state index in [1.165, 1.54) is 5.69 Å². The Morgan fingerprint density at radius 3 is 2.61 bits per heavy atom. The van der Waals surface area contributed by atoms with Gasteiger partial charge in [0.15, 0.2) is 4.80 Å². The van der Waals surface area contributed by atoms with E-state index in [0.717, 1.165) is 53.7 Å². The summed E-state index contributed by atoms with van der Waals surface area (Å²) in [5.41, 5.74) is 3.27. The van der Waals surface area contributed by atoms with E-state index in [2.05, 4.69) is 35.6 Å². The van der Waals surface area contributed by atoms with E-state index in [1.54, 1.807) is 11.3 Å². The molecule has 1 heterocycles. The third kappa shape index (κ3) is 4.93. The summed E-state index contributed by atoms with van der Waals surface area (Å²) in [5, 5.41) is 2.94. The molecule has 2 rings (SSSR count). The maximum Gasteiger partial charge on any atom is 0.190 e. The number of benzene rings is 1. The minimum atomic E-state index is 0.771. The first-order chi connectivity index (χ1) is 11.0. The zero-order valence-corrected chi connectivity index (χ0v) is 16.0. The summed E-state index contributed by atoms with van der Waals surface area (Å²) in [4.78, 5) is 8.29. The third-order valence-electron chi connectivity index (χ3n) is 4.12. The van der Waals surface area contributed by atoms with Gasteiger partial charge in [0.2, 0.25) is 0 Å². The van der Waals surface area contributed by atoms with Crippen LogP contribution in [0.3, 0.4) is 0 Å². The molecule has 0 aliphatic heterocycles. The Bertz CT molecular complexity index is 699. The summed E-state index contributed by atoms with van der Waals surface area (Å²) in [6, 6.07) is 5.98. The van der Waals surface area contributed by atoms with Crippen LogP contribution in [-0.4, -0.2) is 29.1 Å². The molecule has 23 heavy (non-hydrogen) atoms. The molecule has 1 aromatic heterocycles. The van der Waals surface area contributed by atoms with Crippen molar-refractivity contribution >= 4 is 28.6 Å². The summed E-state index contributed by atoms with van der Waals surface area (Å²) in [7, 11) is 0. The number of halogens is 1. The predicted octanol–water partition coefficient (Wildman–Crippen LogP) is 4.78. The van der Waals surface area contributed by atoms with Crippen LogP contribution < -0.4 is 4.80 Å². The quantitative estimate of drug-likeness (QED) is 0.702. The zero-order valence-electron chi connectivity index (χ0n) is 14.5. The Labute approximate surface area is 148 Å². The van der Waals surface area contributed by atoms with Crippen LogP contribution in [0.1, 0.15) is 31.5 Å². The molecule has 0 spiro atoms. The molecular weight excluding hydrogens is 326 g/mol. The van der Waals surface area contributed by atoms with Crippen molar-refractivity contribution < 1.29 is 0 Å². The Kier molecular flexibility index (Phi) is 6.88. The van der Waals surface area contributed by atoms with Gasteiger partial charge in [-0.2, -0.15) is 0 Å². The normalized spacial score (nSPS) is 12.3. The topological polar surface area (TPSA) is 20.5 Å². The summed E-state index contributed by atoms with van der Waals surface area (Å²) in [5.74, 6) is 0. The van der Waals surface area contributed by atoms with Crippen LogP contribution in [0.25, 0.3) is 0 Å². The largest absolute Gasteiger partial charge is 0.321 e. The number of aryl methyl sites for hydroxylation is 2. The van der Waals surface area contributed by atoms with Crippen molar-refractivity contribution in [3.05, 3.63) is 44.7 Å². The molecule has 5 heteroatoms. The minimum Gasteiger partial charge on any atom is -0.321 e. The molecule has 1 aromatic carbocycles. The van der Waals surface area contributed by atoms with E-state index in [-0.39, 0.29) is 0 Å². The zero-order chi connectivity index (χ0) is 16.8. The molecule has 2 aromatic rings. The molecule has 0 unspecified atom stereocenters. The molecular formula is C18H26ClN3S. The molecule has 0 saturated carbocycles. The Morgan fingerprint density at radius 2 is 1.96 bits per heavy atom. The lowest BCUT2D eigenvalue weighted by atomic mass is 10.2. The fourth-order valence-electron chi connectivity index (χ4n) is 2.53. The number of nitrogens with zero attached hydrogens (tertiary/aromatic N) is 3. The van der Waals surface area contributed by atoms with Gasteiger partial charge in [-0.15, -0.1) is 11.3 Å². The first kappa shape index (κ1) is 18.2. The SMILES string of the molecule is CCN(CC)CCCn1c(C)csc1=Nc1ccc(C)c(Cl)c1. The molecule has 3 nitrogen and oxygen atoms in total. The second kappa shape index (κ2) is 8.67. The molecule has 0 N–H and O–H groups in total. The standard InChI is InChI=1S/C18H26ClN3S/c1-5-21(6-2)10-7-11-22-15(4)13-23-18(22)20-16-9-8-14(3)17(19)12-16/h8-9,12-13H,5-7,10-11H2,1-4H3. The summed E-state index contributed by atoms with van der Waals surface area (Å²) < 4.78 is 2.31. The van der Waals surface area contributed by atoms with E-state index < -0.39 is 0 Å². The molecule has 0 amide bonds. The van der Waals surface area contributed by atoms with Crippen molar-refractivity contribution in [2.45, 2.75) is 40.7 Å². The molecule has 0 atom stereocenters. The van der Waals surface area contributed by atoms with Crippen molar-refractivity contribution in [1.82, 2.24) is 9.47 Å². The Hall–Kier alpha value is -1.10. The molecule has 0 radical (unpaired) electrons. The number of aromatic nitrogens is 1. The highest BCUT2D eigenvalue weighted by atomic mass is 35.5. The lowest BCUT2D eigenvalue weighted by Crippen LogP contribution is -2.26. The highest BCUT2D eigenvalue weighted by molar-refractivity contribution is 7.07. The van der Waals surface area contributed by atoms with E-state index in [4.69, 9.17) is 16.6 Å². The average molecular weight is 352 g/mol. The molecule has 0 aliphatic rings. The van der Waals surface area contributed by atoms with E-state index >= 15 is 0 Å². The summed E-state index contributed by atoms with van der Waals surface area (Å²) in [6.07, 6.45) is 1.14. The monoisotopic (exact) mass is 351 g/mol. The Morgan fingerprint density at radius 1 is 1.22 bits per heavy atom. The first-order valence-corrected chi connectivity index (χ1v) is 9.49. The van der Waals surface area contributed by atoms with Crippen molar-refractivity contribution in [2.75, 3.05) is 19.6 Å². The lowest BCUT2D eigenvalue weighted by Gasteiger charge is -2.18. The van der Waals surface area contributed by atoms with E-state index in [1.807, 2.05) is 25.1 Å². The molecule has 0 fully saturated rings. The number of rotatable bonds is 7. The van der Waals surface area contributed by atoms with Crippen LogP contribution in [-0.2, 0) is 6.54 Å². The van der Waals surface area contributed by atoms with Crippen LogP contribution >= 0.6 is 22.9 Å². The van der Waals surface area contributed by atoms with Gasteiger partial charge in [-0.3, -0.25) is 0 Å². The van der Waals surface area contributed by atoms with Crippen molar-refractivity contribution in [3.63, 3.8) is 0 Å². The first-order valence-electron chi connectivity index (χ1n) is 8.23. The molecule has 126 valence electrons. The lowest BCUT2D eigenvalue weighted by molar-refractivity contribution is 0.292. The van der Waals surface area contributed by atoms with Crippen LogP contribution in [0, 0.1) is 13.8 Å². The minimum absolute atomic E-state index is 0.771. The average Bonchev–Trinajstić information content (AvgIpc) is 2.88. The van der Waals surface area contributed by atoms with Crippen LogP contribution in [0.2, 0.25) is 5.02 Å². The van der Waals surface area contributed by atoms with Crippen molar-refractivity contribution in [3.8, 4) is 0 Å². The van der Waals surface area contributed by atoms with Gasteiger partial charge in [0.1, 0.15) is 0 Å². The van der Waals surface area contributed by atoms with Crippen LogP contribution in [0.4, 0.5) is 5.69 Å². The maximum absolute atomic E-state index is 6.21. The number of thiazole rings is 1. The number of hydrogen-bond donors (Lipinski definition) is 0. The van der Waals surface area contributed by atoms with Gasteiger partial charge in [-0.25, -0.2) is 4.99 Å². The molecule has 0 bridgehead atoms. The third-order valence-corrected chi connectivity index (χ3v) is 5.51. The van der Waals surface area contributed by atoms with Gasteiger partial charge in [-0.05, 0) is 57.6 Å². The molecule has 0 saturated heterocycles. The van der Waals surface area contributed by atoms with Crippen molar-refractivity contribution in [1.29, 1.82) is 0 Å².